The van der Waals surface area contributed by atoms with Crippen molar-refractivity contribution in [3.63, 3.8) is 0 Å². The van der Waals surface area contributed by atoms with Gasteiger partial charge in [0.15, 0.2) is 0 Å². The number of hydrogen-bond acceptors (Lipinski definition) is 2. The van der Waals surface area contributed by atoms with Crippen molar-refractivity contribution in [2.45, 2.75) is 6.42 Å². The number of rotatable bonds is 4. The van der Waals surface area contributed by atoms with Crippen LogP contribution in [0.1, 0.15) is 5.56 Å². The molecule has 0 spiro atoms. The van der Waals surface area contributed by atoms with E-state index >= 15 is 0 Å². The Morgan fingerprint density at radius 2 is 2.00 bits per heavy atom. The predicted octanol–water partition coefficient (Wildman–Crippen LogP) is 0.785. The first-order chi connectivity index (χ1) is 7.13. The lowest BCUT2D eigenvalue weighted by atomic mass is 10.1. The van der Waals surface area contributed by atoms with Gasteiger partial charge in [0.1, 0.15) is 5.82 Å². The summed E-state index contributed by atoms with van der Waals surface area (Å²) in [6.45, 7) is 0.627. The van der Waals surface area contributed by atoms with Gasteiger partial charge in [0.25, 0.3) is 0 Å². The van der Waals surface area contributed by atoms with E-state index in [1.165, 1.54) is 12.1 Å². The largest absolute Gasteiger partial charge is 0.344 e. The molecule has 4 heteroatoms. The minimum absolute atomic E-state index is 0.0277. The molecule has 0 aliphatic carbocycles. The van der Waals surface area contributed by atoms with Crippen LogP contribution in [0.2, 0.25) is 0 Å². The summed E-state index contributed by atoms with van der Waals surface area (Å²) >= 11 is 0. The molecule has 15 heavy (non-hydrogen) atoms. The van der Waals surface area contributed by atoms with Gasteiger partial charge >= 0.3 is 0 Å². The molecule has 0 bridgehead atoms. The van der Waals surface area contributed by atoms with E-state index in [0.717, 1.165) is 5.56 Å². The van der Waals surface area contributed by atoms with Crippen molar-refractivity contribution in [2.75, 3.05) is 20.1 Å². The summed E-state index contributed by atoms with van der Waals surface area (Å²) in [6, 6.07) is 6.27. The highest BCUT2D eigenvalue weighted by Gasteiger charge is 2.05. The van der Waals surface area contributed by atoms with E-state index < -0.39 is 0 Å². The van der Waals surface area contributed by atoms with Crippen molar-refractivity contribution in [3.05, 3.63) is 35.6 Å². The Morgan fingerprint density at radius 3 is 2.53 bits per heavy atom. The van der Waals surface area contributed by atoms with Gasteiger partial charge in [-0.1, -0.05) is 12.1 Å². The Morgan fingerprint density at radius 1 is 1.40 bits per heavy atom. The Bertz CT molecular complexity index is 324. The van der Waals surface area contributed by atoms with E-state index in [0.29, 0.717) is 13.0 Å². The molecule has 1 rings (SSSR count). The summed E-state index contributed by atoms with van der Waals surface area (Å²) in [7, 11) is 1.71. The smallest absolute Gasteiger partial charge is 0.236 e. The lowest BCUT2D eigenvalue weighted by Crippen LogP contribution is -2.34. The van der Waals surface area contributed by atoms with Crippen LogP contribution >= 0.6 is 0 Å². The van der Waals surface area contributed by atoms with Gasteiger partial charge in [0.2, 0.25) is 5.91 Å². The fourth-order valence-electron chi connectivity index (χ4n) is 1.23. The predicted molar refractivity (Wildman–Crippen MR) is 56.8 cm³/mol. The fraction of sp³-hybridized carbons (Fsp3) is 0.364. The van der Waals surface area contributed by atoms with E-state index in [2.05, 4.69) is 0 Å². The van der Waals surface area contributed by atoms with Gasteiger partial charge < -0.3 is 10.6 Å². The molecule has 0 fully saturated rings. The van der Waals surface area contributed by atoms with Crippen LogP contribution in [0.25, 0.3) is 0 Å². The molecule has 0 atom stereocenters. The maximum absolute atomic E-state index is 12.6. The van der Waals surface area contributed by atoms with Crippen molar-refractivity contribution in [2.24, 2.45) is 5.73 Å². The number of benzene rings is 1. The number of carbonyl (C=O) groups is 1. The van der Waals surface area contributed by atoms with Crippen LogP contribution in [-0.2, 0) is 11.2 Å². The highest BCUT2D eigenvalue weighted by molar-refractivity contribution is 5.77. The van der Waals surface area contributed by atoms with Gasteiger partial charge in [-0.3, -0.25) is 4.79 Å². The van der Waals surface area contributed by atoms with Gasteiger partial charge in [-0.25, -0.2) is 4.39 Å². The second kappa shape index (κ2) is 5.46. The second-order valence-electron chi connectivity index (χ2n) is 3.40. The van der Waals surface area contributed by atoms with E-state index in [1.54, 1.807) is 24.1 Å². The number of amides is 1. The van der Waals surface area contributed by atoms with Crippen LogP contribution in [-0.4, -0.2) is 30.9 Å². The molecular weight excluding hydrogens is 195 g/mol. The third kappa shape index (κ3) is 3.67. The molecule has 3 nitrogen and oxygen atoms in total. The highest BCUT2D eigenvalue weighted by Crippen LogP contribution is 2.03. The molecular formula is C11H15FN2O. The Hall–Kier alpha value is -1.42. The van der Waals surface area contributed by atoms with Gasteiger partial charge in [-0.05, 0) is 24.1 Å². The van der Waals surface area contributed by atoms with Crippen molar-refractivity contribution in [1.82, 2.24) is 4.90 Å². The molecule has 0 aromatic heterocycles. The van der Waals surface area contributed by atoms with Gasteiger partial charge in [0, 0.05) is 13.6 Å². The maximum atomic E-state index is 12.6. The fourth-order valence-corrected chi connectivity index (χ4v) is 1.23. The van der Waals surface area contributed by atoms with Crippen molar-refractivity contribution < 1.29 is 9.18 Å². The third-order valence-corrected chi connectivity index (χ3v) is 2.25. The molecule has 0 unspecified atom stereocenters. The van der Waals surface area contributed by atoms with Gasteiger partial charge in [-0.2, -0.15) is 0 Å². The molecule has 0 radical (unpaired) electrons. The van der Waals surface area contributed by atoms with Crippen LogP contribution in [0.15, 0.2) is 24.3 Å². The number of hydrogen-bond donors (Lipinski definition) is 1. The zero-order valence-corrected chi connectivity index (χ0v) is 8.74. The van der Waals surface area contributed by atoms with Crippen LogP contribution in [0, 0.1) is 5.82 Å². The highest BCUT2D eigenvalue weighted by atomic mass is 19.1. The number of carbonyl (C=O) groups excluding carboxylic acids is 1. The molecule has 1 aromatic rings. The standard InChI is InChI=1S/C11H15FN2O/c1-14(11(15)8-13)7-6-9-2-4-10(12)5-3-9/h2-5H,6-8,13H2,1H3. The van der Waals surface area contributed by atoms with Crippen LogP contribution in [0.3, 0.4) is 0 Å². The molecule has 1 amide bonds. The molecule has 0 saturated heterocycles. The monoisotopic (exact) mass is 210 g/mol. The lowest BCUT2D eigenvalue weighted by molar-refractivity contribution is -0.128. The SMILES string of the molecule is CN(CCc1ccc(F)cc1)C(=O)CN. The Balaban J connectivity index is 2.43. The first-order valence-corrected chi connectivity index (χ1v) is 4.82. The molecule has 1 aromatic carbocycles. The summed E-state index contributed by atoms with van der Waals surface area (Å²) < 4.78 is 12.6. The molecule has 0 aliphatic heterocycles. The number of halogens is 1. The molecule has 2 N–H and O–H groups in total. The first kappa shape index (κ1) is 11.7. The van der Waals surface area contributed by atoms with Crippen LogP contribution < -0.4 is 5.73 Å². The minimum atomic E-state index is -0.245. The number of likely N-dealkylation sites (N-methyl/N-ethyl adjacent to an activating group) is 1. The second-order valence-corrected chi connectivity index (χ2v) is 3.40. The summed E-state index contributed by atoms with van der Waals surface area (Å²) in [6.07, 6.45) is 0.711. The molecule has 0 heterocycles. The topological polar surface area (TPSA) is 46.3 Å². The van der Waals surface area contributed by atoms with Crippen molar-refractivity contribution in [1.29, 1.82) is 0 Å². The van der Waals surface area contributed by atoms with Crippen LogP contribution in [0.4, 0.5) is 4.39 Å². The average Bonchev–Trinajstić information content (AvgIpc) is 2.26. The van der Waals surface area contributed by atoms with Gasteiger partial charge in [-0.15, -0.1) is 0 Å². The summed E-state index contributed by atoms with van der Waals surface area (Å²) in [5.74, 6) is -0.331. The van der Waals surface area contributed by atoms with Crippen molar-refractivity contribution >= 4 is 5.91 Å². The molecule has 82 valence electrons. The van der Waals surface area contributed by atoms with E-state index in [4.69, 9.17) is 5.73 Å². The maximum Gasteiger partial charge on any atom is 0.236 e. The Labute approximate surface area is 88.7 Å². The molecule has 0 saturated carbocycles. The molecule has 0 aliphatic rings. The van der Waals surface area contributed by atoms with Gasteiger partial charge in [0.05, 0.1) is 6.54 Å². The third-order valence-electron chi connectivity index (χ3n) is 2.25. The van der Waals surface area contributed by atoms with Crippen LogP contribution in [0.5, 0.6) is 0 Å². The lowest BCUT2D eigenvalue weighted by Gasteiger charge is -2.15. The van der Waals surface area contributed by atoms with E-state index in [-0.39, 0.29) is 18.3 Å². The summed E-state index contributed by atoms with van der Waals surface area (Å²) in [5.41, 5.74) is 6.23. The summed E-state index contributed by atoms with van der Waals surface area (Å²) in [5, 5.41) is 0. The zero-order valence-electron chi connectivity index (χ0n) is 8.74. The zero-order chi connectivity index (χ0) is 11.3. The number of nitrogens with zero attached hydrogens (tertiary/aromatic N) is 1. The summed E-state index contributed by atoms with van der Waals surface area (Å²) in [4.78, 5) is 12.7. The van der Waals surface area contributed by atoms with E-state index in [9.17, 15) is 9.18 Å². The quantitative estimate of drug-likeness (QED) is 0.798. The normalized spacial score (nSPS) is 10.1. The number of nitrogens with two attached hydrogens (primary N) is 1. The Kier molecular flexibility index (Phi) is 4.24. The average molecular weight is 210 g/mol. The minimum Gasteiger partial charge on any atom is -0.344 e. The first-order valence-electron chi connectivity index (χ1n) is 4.82. The van der Waals surface area contributed by atoms with E-state index in [1.807, 2.05) is 0 Å². The van der Waals surface area contributed by atoms with Crippen molar-refractivity contribution in [3.8, 4) is 0 Å².